The number of hydrogen-bond acceptors (Lipinski definition) is 3. The molecule has 4 nitrogen and oxygen atoms in total. The van der Waals surface area contributed by atoms with E-state index in [-0.39, 0.29) is 17.5 Å². The average molecular weight is 434 g/mol. The minimum atomic E-state index is -0.289. The lowest BCUT2D eigenvalue weighted by Crippen LogP contribution is -2.17. The van der Waals surface area contributed by atoms with Crippen molar-refractivity contribution in [2.75, 3.05) is 11.1 Å². The first kappa shape index (κ1) is 18.7. The first-order valence-corrected chi connectivity index (χ1v) is 9.69. The molecule has 0 aliphatic rings. The Labute approximate surface area is 163 Å². The standard InChI is InChI=1S/C19H17BrFN3OS/c1-12-18(13-3-5-14(20)6-4-13)19(24(2)23-12)22-17(25)11-26-16-9-7-15(21)8-10-16/h3-10H,11H2,1-2H3,(H,22,25). The molecule has 1 N–H and O–H groups in total. The third-order valence-corrected chi connectivity index (χ3v) is 5.34. The van der Waals surface area contributed by atoms with Crippen molar-refractivity contribution in [1.82, 2.24) is 9.78 Å². The maximum atomic E-state index is 12.9. The third kappa shape index (κ3) is 4.34. The lowest BCUT2D eigenvalue weighted by Gasteiger charge is -2.09. The number of aromatic nitrogens is 2. The molecule has 0 unspecified atom stereocenters. The van der Waals surface area contributed by atoms with Gasteiger partial charge in [-0.15, -0.1) is 11.8 Å². The molecule has 1 amide bonds. The number of carbonyl (C=O) groups excluding carboxylic acids is 1. The van der Waals surface area contributed by atoms with Crippen LogP contribution in [-0.2, 0) is 11.8 Å². The molecule has 0 atom stereocenters. The number of nitrogens with zero attached hydrogens (tertiary/aromatic N) is 2. The number of thioether (sulfide) groups is 1. The van der Waals surface area contributed by atoms with E-state index in [0.29, 0.717) is 5.82 Å². The number of hydrogen-bond donors (Lipinski definition) is 1. The van der Waals surface area contributed by atoms with Gasteiger partial charge in [-0.3, -0.25) is 9.48 Å². The minimum Gasteiger partial charge on any atom is -0.310 e. The molecule has 0 spiro atoms. The van der Waals surface area contributed by atoms with Crippen molar-refractivity contribution in [2.24, 2.45) is 7.05 Å². The summed E-state index contributed by atoms with van der Waals surface area (Å²) in [5.41, 5.74) is 2.73. The van der Waals surface area contributed by atoms with Crippen LogP contribution in [0.4, 0.5) is 10.2 Å². The molecule has 1 aromatic heterocycles. The van der Waals surface area contributed by atoms with Crippen molar-refractivity contribution in [2.45, 2.75) is 11.8 Å². The predicted octanol–water partition coefficient (Wildman–Crippen LogP) is 5.03. The molecule has 0 fully saturated rings. The second kappa shape index (κ2) is 8.05. The summed E-state index contributed by atoms with van der Waals surface area (Å²) in [6, 6.07) is 14.0. The van der Waals surface area contributed by atoms with Crippen molar-refractivity contribution in [1.29, 1.82) is 0 Å². The van der Waals surface area contributed by atoms with Gasteiger partial charge < -0.3 is 5.32 Å². The molecule has 2 aromatic carbocycles. The normalized spacial score (nSPS) is 10.8. The van der Waals surface area contributed by atoms with E-state index in [4.69, 9.17) is 0 Å². The van der Waals surface area contributed by atoms with Crippen LogP contribution in [0.1, 0.15) is 5.69 Å². The quantitative estimate of drug-likeness (QED) is 0.574. The summed E-state index contributed by atoms with van der Waals surface area (Å²) >= 11 is 4.79. The van der Waals surface area contributed by atoms with E-state index in [1.54, 1.807) is 23.9 Å². The molecular weight excluding hydrogens is 417 g/mol. The molecule has 0 bridgehead atoms. The summed E-state index contributed by atoms with van der Waals surface area (Å²) < 4.78 is 15.6. The van der Waals surface area contributed by atoms with Crippen LogP contribution in [0.3, 0.4) is 0 Å². The number of anilines is 1. The van der Waals surface area contributed by atoms with Crippen LogP contribution in [0, 0.1) is 12.7 Å². The van der Waals surface area contributed by atoms with E-state index < -0.39 is 0 Å². The molecule has 3 aromatic rings. The molecule has 0 aliphatic heterocycles. The van der Waals surface area contributed by atoms with Crippen LogP contribution >= 0.6 is 27.7 Å². The van der Waals surface area contributed by atoms with Gasteiger partial charge in [0.15, 0.2) is 0 Å². The van der Waals surface area contributed by atoms with Crippen molar-refractivity contribution in [3.05, 3.63) is 64.5 Å². The largest absolute Gasteiger partial charge is 0.310 e. The van der Waals surface area contributed by atoms with Crippen LogP contribution in [-0.4, -0.2) is 21.4 Å². The number of benzene rings is 2. The summed E-state index contributed by atoms with van der Waals surface area (Å²) in [6.45, 7) is 1.92. The highest BCUT2D eigenvalue weighted by Crippen LogP contribution is 2.32. The number of halogens is 2. The predicted molar refractivity (Wildman–Crippen MR) is 107 cm³/mol. The number of amides is 1. The van der Waals surface area contributed by atoms with Crippen molar-refractivity contribution in [3.63, 3.8) is 0 Å². The zero-order valence-electron chi connectivity index (χ0n) is 14.3. The van der Waals surface area contributed by atoms with Crippen LogP contribution in [0.25, 0.3) is 11.1 Å². The Hall–Kier alpha value is -2.12. The van der Waals surface area contributed by atoms with Crippen LogP contribution in [0.5, 0.6) is 0 Å². The molecular formula is C19H17BrFN3OS. The summed E-state index contributed by atoms with van der Waals surface area (Å²) in [4.78, 5) is 13.2. The smallest absolute Gasteiger partial charge is 0.235 e. The highest BCUT2D eigenvalue weighted by molar-refractivity contribution is 9.10. The number of aryl methyl sites for hydroxylation is 2. The SMILES string of the molecule is Cc1nn(C)c(NC(=O)CSc2ccc(F)cc2)c1-c1ccc(Br)cc1. The van der Waals surface area contributed by atoms with Gasteiger partial charge in [-0.2, -0.15) is 5.10 Å². The highest BCUT2D eigenvalue weighted by Gasteiger charge is 2.17. The van der Waals surface area contributed by atoms with Gasteiger partial charge in [-0.05, 0) is 48.9 Å². The van der Waals surface area contributed by atoms with Crippen molar-refractivity contribution >= 4 is 39.4 Å². The Balaban J connectivity index is 1.75. The van der Waals surface area contributed by atoms with E-state index in [0.717, 1.165) is 26.2 Å². The van der Waals surface area contributed by atoms with E-state index in [1.165, 1.54) is 23.9 Å². The zero-order chi connectivity index (χ0) is 18.7. The first-order valence-electron chi connectivity index (χ1n) is 7.92. The monoisotopic (exact) mass is 433 g/mol. The van der Waals surface area contributed by atoms with E-state index in [2.05, 4.69) is 26.3 Å². The van der Waals surface area contributed by atoms with Crippen LogP contribution in [0.2, 0.25) is 0 Å². The van der Waals surface area contributed by atoms with Crippen LogP contribution in [0.15, 0.2) is 57.9 Å². The summed E-state index contributed by atoms with van der Waals surface area (Å²) in [7, 11) is 1.80. The zero-order valence-corrected chi connectivity index (χ0v) is 16.7. The van der Waals surface area contributed by atoms with Gasteiger partial charge in [-0.25, -0.2) is 4.39 Å². The first-order chi connectivity index (χ1) is 12.4. The van der Waals surface area contributed by atoms with E-state index in [9.17, 15) is 9.18 Å². The van der Waals surface area contributed by atoms with Gasteiger partial charge in [0, 0.05) is 22.0 Å². The van der Waals surface area contributed by atoms with Gasteiger partial charge >= 0.3 is 0 Å². The molecule has 26 heavy (non-hydrogen) atoms. The van der Waals surface area contributed by atoms with Gasteiger partial charge in [0.1, 0.15) is 11.6 Å². The summed E-state index contributed by atoms with van der Waals surface area (Å²) in [6.07, 6.45) is 0. The average Bonchev–Trinajstić information content (AvgIpc) is 2.89. The molecule has 3 rings (SSSR count). The number of nitrogens with one attached hydrogen (secondary N) is 1. The molecule has 0 saturated carbocycles. The molecule has 7 heteroatoms. The van der Waals surface area contributed by atoms with E-state index >= 15 is 0 Å². The van der Waals surface area contributed by atoms with Crippen LogP contribution < -0.4 is 5.32 Å². The number of rotatable bonds is 5. The molecule has 0 aliphatic carbocycles. The van der Waals surface area contributed by atoms with Gasteiger partial charge in [0.05, 0.1) is 11.4 Å². The number of carbonyl (C=O) groups is 1. The molecule has 134 valence electrons. The van der Waals surface area contributed by atoms with E-state index in [1.807, 2.05) is 31.2 Å². The van der Waals surface area contributed by atoms with Gasteiger partial charge in [0.2, 0.25) is 5.91 Å². The van der Waals surface area contributed by atoms with Gasteiger partial charge in [0.25, 0.3) is 0 Å². The molecule has 0 radical (unpaired) electrons. The highest BCUT2D eigenvalue weighted by atomic mass is 79.9. The maximum Gasteiger partial charge on any atom is 0.235 e. The molecule has 1 heterocycles. The summed E-state index contributed by atoms with van der Waals surface area (Å²) in [5, 5.41) is 7.38. The minimum absolute atomic E-state index is 0.138. The fraction of sp³-hybridized carbons (Fsp3) is 0.158. The van der Waals surface area contributed by atoms with Crippen molar-refractivity contribution in [3.8, 4) is 11.1 Å². The Morgan fingerprint density at radius 2 is 1.85 bits per heavy atom. The Morgan fingerprint density at radius 1 is 1.19 bits per heavy atom. The Bertz CT molecular complexity index is 923. The molecule has 0 saturated heterocycles. The maximum absolute atomic E-state index is 12.9. The Morgan fingerprint density at radius 3 is 2.50 bits per heavy atom. The van der Waals surface area contributed by atoms with Crippen molar-refractivity contribution < 1.29 is 9.18 Å². The third-order valence-electron chi connectivity index (χ3n) is 3.80. The summed E-state index contributed by atoms with van der Waals surface area (Å²) in [5.74, 6) is 0.467. The lowest BCUT2D eigenvalue weighted by molar-refractivity contribution is -0.113. The topological polar surface area (TPSA) is 46.9 Å². The lowest BCUT2D eigenvalue weighted by atomic mass is 10.1. The fourth-order valence-corrected chi connectivity index (χ4v) is 3.57. The Kier molecular flexibility index (Phi) is 5.78. The second-order valence-electron chi connectivity index (χ2n) is 5.73. The van der Waals surface area contributed by atoms with Gasteiger partial charge in [-0.1, -0.05) is 28.1 Å². The fourth-order valence-electron chi connectivity index (χ4n) is 2.61. The second-order valence-corrected chi connectivity index (χ2v) is 7.69.